The van der Waals surface area contributed by atoms with Crippen molar-refractivity contribution in [2.75, 3.05) is 6.61 Å². The predicted octanol–water partition coefficient (Wildman–Crippen LogP) is 8.88. The van der Waals surface area contributed by atoms with Gasteiger partial charge in [-0.1, -0.05) is 195 Å². The van der Waals surface area contributed by atoms with Gasteiger partial charge < -0.3 is 26.3 Å². The standard InChI is InChI=1S/C49H62N4O5/c1-6-58-49(5,43-57-46(38-41-55)45(3)51)53-47(56)52-48(4,42-44(2)50)39-36-34-32-30-28-26-24-22-20-18-16-14-12-10-8-7-9-11-13-15-17-19-21-23-25-27-29-31-33-35-37-40-54/h6-40,44-46H,1,42-43,50-51H2,2-5H3,(H2,52,53,56)/b9-7+,10-8+,13-11+,14-12+,17-15+,18-16+,21-19+,22-20+,25-23+,26-24+,29-27+,30-28+,33-31+,34-32+,37-35+,39-36-. The number of hydrogen-bond donors (Lipinski definition) is 4. The van der Waals surface area contributed by atoms with Crippen LogP contribution in [0.2, 0.25) is 0 Å². The molecule has 0 aromatic heterocycles. The number of nitrogens with two attached hydrogens (primary N) is 2. The van der Waals surface area contributed by atoms with Crippen molar-refractivity contribution >= 4 is 18.3 Å². The zero-order valence-electron chi connectivity index (χ0n) is 34.3. The largest absolute Gasteiger partial charge is 0.474 e. The number of allylic oxidation sites excluding steroid dienone is 31. The number of carbonyl (C=O) groups excluding carboxylic acids is 3. The summed E-state index contributed by atoms with van der Waals surface area (Å²) in [5.41, 5.74) is 9.90. The Bertz CT molecular complexity index is 1730. The fourth-order valence-electron chi connectivity index (χ4n) is 4.49. The van der Waals surface area contributed by atoms with Gasteiger partial charge in [-0.25, -0.2) is 9.59 Å². The van der Waals surface area contributed by atoms with Crippen molar-refractivity contribution in [3.63, 3.8) is 0 Å². The third-order valence-electron chi connectivity index (χ3n) is 7.04. The van der Waals surface area contributed by atoms with Crippen molar-refractivity contribution in [2.24, 2.45) is 11.5 Å². The van der Waals surface area contributed by atoms with Gasteiger partial charge in [-0.05, 0) is 40.2 Å². The summed E-state index contributed by atoms with van der Waals surface area (Å²) in [7, 11) is 0. The summed E-state index contributed by atoms with van der Waals surface area (Å²) in [6, 6.07) is -1.18. The third-order valence-corrected chi connectivity index (χ3v) is 7.04. The summed E-state index contributed by atoms with van der Waals surface area (Å²) in [6.45, 7) is 10.5. The molecule has 0 aliphatic rings. The van der Waals surface area contributed by atoms with Crippen LogP contribution in [-0.4, -0.2) is 54.3 Å². The highest BCUT2D eigenvalue weighted by molar-refractivity contribution is 5.76. The normalized spacial score (nSPS) is 17.2. The van der Waals surface area contributed by atoms with Gasteiger partial charge in [0, 0.05) is 18.2 Å². The lowest BCUT2D eigenvalue weighted by atomic mass is 9.93. The molecule has 0 aliphatic carbocycles. The summed E-state index contributed by atoms with van der Waals surface area (Å²) in [4.78, 5) is 34.1. The van der Waals surface area contributed by atoms with E-state index in [0.717, 1.165) is 6.29 Å². The van der Waals surface area contributed by atoms with E-state index in [1.807, 2.05) is 190 Å². The molecule has 5 atom stereocenters. The lowest BCUT2D eigenvalue weighted by Gasteiger charge is -2.34. The maximum Gasteiger partial charge on any atom is 0.318 e. The minimum Gasteiger partial charge on any atom is -0.474 e. The maximum atomic E-state index is 13.1. The third kappa shape index (κ3) is 31.9. The van der Waals surface area contributed by atoms with Gasteiger partial charge in [-0.3, -0.25) is 10.1 Å². The van der Waals surface area contributed by atoms with Crippen molar-refractivity contribution in [1.29, 1.82) is 0 Å². The monoisotopic (exact) mass is 786 g/mol. The van der Waals surface area contributed by atoms with Gasteiger partial charge in [-0.15, -0.1) is 0 Å². The Hall–Kier alpha value is -6.35. The molecule has 0 aromatic carbocycles. The molecular formula is C49H62N4O5. The SMILES string of the molecule is C=COC(C)(COC(C=C=O)C(C)N)NC(=O)NC(C)(\C=C/C=C/C=C/C=C/C=C/C=C/C=C/C=C/C=C/C=C/C=C/C=C/C=C/C=C/C=C/C=C/C=O)CC(C)N. The molecular weight excluding hydrogens is 725 g/mol. The average Bonchev–Trinajstić information content (AvgIpc) is 3.16. The lowest BCUT2D eigenvalue weighted by molar-refractivity contribution is -0.104. The van der Waals surface area contributed by atoms with E-state index in [1.165, 1.54) is 18.4 Å². The van der Waals surface area contributed by atoms with E-state index in [1.54, 1.807) is 31.9 Å². The van der Waals surface area contributed by atoms with Crippen molar-refractivity contribution in [3.8, 4) is 0 Å². The number of urea groups is 1. The second kappa shape index (κ2) is 35.1. The van der Waals surface area contributed by atoms with Crippen molar-refractivity contribution < 1.29 is 23.9 Å². The van der Waals surface area contributed by atoms with E-state index in [0.29, 0.717) is 6.42 Å². The van der Waals surface area contributed by atoms with Crippen LogP contribution in [-0.2, 0) is 19.1 Å². The predicted molar refractivity (Wildman–Crippen MR) is 244 cm³/mol. The minimum absolute atomic E-state index is 0.108. The minimum atomic E-state index is -1.29. The average molecular weight is 787 g/mol. The van der Waals surface area contributed by atoms with Crippen LogP contribution < -0.4 is 22.1 Å². The second-order valence-electron chi connectivity index (χ2n) is 12.9. The molecule has 0 fully saturated rings. The van der Waals surface area contributed by atoms with Crippen LogP contribution in [0.3, 0.4) is 0 Å². The van der Waals surface area contributed by atoms with E-state index < -0.39 is 29.4 Å². The Morgan fingerprint density at radius 3 is 1.26 bits per heavy atom. The van der Waals surface area contributed by atoms with Gasteiger partial charge in [0.15, 0.2) is 0 Å². The molecule has 9 heteroatoms. The van der Waals surface area contributed by atoms with Crippen LogP contribution in [0.4, 0.5) is 4.79 Å². The van der Waals surface area contributed by atoms with Gasteiger partial charge in [0.1, 0.15) is 24.9 Å². The number of aldehydes is 1. The Balaban J connectivity index is 4.73. The molecule has 0 radical (unpaired) electrons. The Morgan fingerprint density at radius 1 is 0.621 bits per heavy atom. The fourth-order valence-corrected chi connectivity index (χ4v) is 4.49. The number of hydrogen-bond acceptors (Lipinski definition) is 7. The first-order valence-corrected chi connectivity index (χ1v) is 18.9. The van der Waals surface area contributed by atoms with Crippen LogP contribution in [0.5, 0.6) is 0 Å². The number of ether oxygens (including phenoxy) is 2. The van der Waals surface area contributed by atoms with Gasteiger partial charge in [0.2, 0.25) is 5.72 Å². The molecule has 0 aliphatic heterocycles. The van der Waals surface area contributed by atoms with E-state index >= 15 is 0 Å². The molecule has 2 amide bonds. The van der Waals surface area contributed by atoms with E-state index in [-0.39, 0.29) is 12.6 Å². The maximum absolute atomic E-state index is 13.1. The fraction of sp³-hybridized carbons (Fsp3) is 0.224. The number of nitrogens with one attached hydrogen (secondary N) is 2. The molecule has 0 saturated carbocycles. The van der Waals surface area contributed by atoms with Crippen LogP contribution in [0.15, 0.2) is 213 Å². The quantitative estimate of drug-likeness (QED) is 0.0155. The van der Waals surface area contributed by atoms with E-state index in [9.17, 15) is 14.4 Å². The van der Waals surface area contributed by atoms with Crippen LogP contribution in [0.1, 0.15) is 34.1 Å². The Morgan fingerprint density at radius 2 is 0.966 bits per heavy atom. The molecule has 0 bridgehead atoms. The molecule has 308 valence electrons. The first-order chi connectivity index (χ1) is 28.0. The first-order valence-electron chi connectivity index (χ1n) is 18.9. The highest BCUT2D eigenvalue weighted by atomic mass is 16.6. The van der Waals surface area contributed by atoms with Crippen molar-refractivity contribution in [3.05, 3.63) is 213 Å². The molecule has 0 heterocycles. The van der Waals surface area contributed by atoms with Gasteiger partial charge in [0.25, 0.3) is 0 Å². The zero-order chi connectivity index (χ0) is 43.0. The van der Waals surface area contributed by atoms with Crippen LogP contribution >= 0.6 is 0 Å². The number of carbonyl (C=O) groups is 2. The summed E-state index contributed by atoms with van der Waals surface area (Å²) in [5.74, 6) is 1.68. The summed E-state index contributed by atoms with van der Waals surface area (Å²) in [6.07, 6.45) is 63.7. The highest BCUT2D eigenvalue weighted by Gasteiger charge is 2.32. The van der Waals surface area contributed by atoms with Gasteiger partial charge >= 0.3 is 6.03 Å². The Kier molecular flexibility index (Phi) is 31.2. The van der Waals surface area contributed by atoms with Crippen molar-refractivity contribution in [1.82, 2.24) is 10.6 Å². The zero-order valence-corrected chi connectivity index (χ0v) is 34.3. The second-order valence-corrected chi connectivity index (χ2v) is 12.9. The molecule has 6 N–H and O–H groups in total. The summed E-state index contributed by atoms with van der Waals surface area (Å²) in [5, 5.41) is 5.74. The summed E-state index contributed by atoms with van der Waals surface area (Å²) < 4.78 is 11.3. The van der Waals surface area contributed by atoms with Gasteiger partial charge in [0.05, 0.1) is 11.8 Å². The molecule has 0 spiro atoms. The Labute approximate surface area is 346 Å². The van der Waals surface area contributed by atoms with Crippen LogP contribution in [0, 0.1) is 0 Å². The molecule has 5 unspecified atom stereocenters. The molecule has 58 heavy (non-hydrogen) atoms. The van der Waals surface area contributed by atoms with Crippen LogP contribution in [0.25, 0.3) is 0 Å². The van der Waals surface area contributed by atoms with E-state index in [2.05, 4.69) is 17.2 Å². The van der Waals surface area contributed by atoms with Crippen molar-refractivity contribution in [2.45, 2.75) is 63.6 Å². The number of rotatable bonds is 28. The van der Waals surface area contributed by atoms with E-state index in [4.69, 9.17) is 20.9 Å². The van der Waals surface area contributed by atoms with Gasteiger partial charge in [-0.2, -0.15) is 0 Å². The lowest BCUT2D eigenvalue weighted by Crippen LogP contribution is -2.59. The highest BCUT2D eigenvalue weighted by Crippen LogP contribution is 2.16. The summed E-state index contributed by atoms with van der Waals surface area (Å²) >= 11 is 0. The molecule has 0 saturated heterocycles. The molecule has 0 rings (SSSR count). The smallest absolute Gasteiger partial charge is 0.318 e. The number of amides is 2. The first kappa shape index (κ1) is 51.6. The molecule has 0 aromatic rings. The topological polar surface area (TPSA) is 146 Å². The molecule has 9 nitrogen and oxygen atoms in total.